The van der Waals surface area contributed by atoms with E-state index in [1.165, 1.54) is 6.20 Å². The fraction of sp³-hybridized carbons (Fsp3) is 0.111. The summed E-state index contributed by atoms with van der Waals surface area (Å²) in [6.07, 6.45) is 10.2. The van der Waals surface area contributed by atoms with Gasteiger partial charge in [0.1, 0.15) is 6.61 Å². The summed E-state index contributed by atoms with van der Waals surface area (Å²) in [5.74, 6) is 0.949. The van der Waals surface area contributed by atoms with Gasteiger partial charge in [-0.25, -0.2) is 4.98 Å². The third kappa shape index (κ3) is 2.22. The highest BCUT2D eigenvalue weighted by Crippen LogP contribution is 2.10. The van der Waals surface area contributed by atoms with Gasteiger partial charge in [-0.15, -0.1) is 10.2 Å². The number of hydrogen-bond donors (Lipinski definition) is 0. The van der Waals surface area contributed by atoms with Gasteiger partial charge in [-0.3, -0.25) is 4.98 Å². The molecule has 0 bridgehead atoms. The van der Waals surface area contributed by atoms with Crippen LogP contribution in [0.25, 0.3) is 0 Å². The number of aromatic nitrogens is 2. The Labute approximate surface area is 80.9 Å². The van der Waals surface area contributed by atoms with Crippen LogP contribution in [0.2, 0.25) is 0 Å². The molecule has 70 valence electrons. The quantitative estimate of drug-likeness (QED) is 0.667. The van der Waals surface area contributed by atoms with Gasteiger partial charge < -0.3 is 4.74 Å². The standard InChI is InChI=1S/C9H8N4O/c1-2-6-14-9(3-1)13-12-8-7-10-4-5-11-8/h1-5,7H,6H2. The van der Waals surface area contributed by atoms with Crippen molar-refractivity contribution in [2.24, 2.45) is 10.2 Å². The number of azo groups is 1. The van der Waals surface area contributed by atoms with Crippen molar-refractivity contribution in [2.75, 3.05) is 6.61 Å². The van der Waals surface area contributed by atoms with E-state index < -0.39 is 0 Å². The summed E-state index contributed by atoms with van der Waals surface area (Å²) in [5.41, 5.74) is 0. The van der Waals surface area contributed by atoms with Crippen LogP contribution in [0.15, 0.2) is 52.9 Å². The highest BCUT2D eigenvalue weighted by atomic mass is 16.5. The molecule has 0 spiro atoms. The van der Waals surface area contributed by atoms with E-state index in [4.69, 9.17) is 4.74 Å². The van der Waals surface area contributed by atoms with Crippen molar-refractivity contribution in [3.8, 4) is 0 Å². The van der Waals surface area contributed by atoms with Gasteiger partial charge in [-0.1, -0.05) is 6.08 Å². The first-order chi connectivity index (χ1) is 6.95. The van der Waals surface area contributed by atoms with E-state index in [1.807, 2.05) is 12.2 Å². The van der Waals surface area contributed by atoms with E-state index in [1.54, 1.807) is 18.5 Å². The van der Waals surface area contributed by atoms with E-state index >= 15 is 0 Å². The van der Waals surface area contributed by atoms with Crippen LogP contribution in [0.4, 0.5) is 5.82 Å². The number of allylic oxidation sites excluding steroid dienone is 2. The Morgan fingerprint density at radius 3 is 3.00 bits per heavy atom. The first-order valence-corrected chi connectivity index (χ1v) is 4.12. The molecule has 0 radical (unpaired) electrons. The number of nitrogens with zero attached hydrogens (tertiary/aromatic N) is 4. The largest absolute Gasteiger partial charge is 0.472 e. The molecular weight excluding hydrogens is 180 g/mol. The Balaban J connectivity index is 2.07. The van der Waals surface area contributed by atoms with E-state index in [0.29, 0.717) is 18.3 Å². The molecule has 0 fully saturated rings. The van der Waals surface area contributed by atoms with Crippen LogP contribution in [-0.4, -0.2) is 16.6 Å². The second-order valence-corrected chi connectivity index (χ2v) is 2.51. The SMILES string of the molecule is C1=CCOC(N=Nc2cnccn2)=C1. The van der Waals surface area contributed by atoms with Crippen LogP contribution in [0, 0.1) is 0 Å². The van der Waals surface area contributed by atoms with Crippen molar-refractivity contribution in [1.29, 1.82) is 0 Å². The van der Waals surface area contributed by atoms with Crippen molar-refractivity contribution >= 4 is 5.82 Å². The average molecular weight is 188 g/mol. The minimum Gasteiger partial charge on any atom is -0.472 e. The van der Waals surface area contributed by atoms with Crippen molar-refractivity contribution < 1.29 is 4.74 Å². The second-order valence-electron chi connectivity index (χ2n) is 2.51. The molecule has 5 nitrogen and oxygen atoms in total. The first-order valence-electron chi connectivity index (χ1n) is 4.12. The summed E-state index contributed by atoms with van der Waals surface area (Å²) in [5, 5.41) is 7.72. The molecule has 0 saturated heterocycles. The summed E-state index contributed by atoms with van der Waals surface area (Å²) in [4.78, 5) is 7.80. The van der Waals surface area contributed by atoms with Crippen molar-refractivity contribution in [1.82, 2.24) is 9.97 Å². The van der Waals surface area contributed by atoms with Crippen LogP contribution < -0.4 is 0 Å². The minimum atomic E-state index is 0.464. The predicted molar refractivity (Wildman–Crippen MR) is 49.7 cm³/mol. The van der Waals surface area contributed by atoms with Gasteiger partial charge in [0.15, 0.2) is 5.82 Å². The lowest BCUT2D eigenvalue weighted by Crippen LogP contribution is -1.92. The maximum absolute atomic E-state index is 5.17. The Morgan fingerprint density at radius 1 is 1.29 bits per heavy atom. The fourth-order valence-electron chi connectivity index (χ4n) is 0.893. The van der Waals surface area contributed by atoms with Gasteiger partial charge in [-0.2, -0.15) is 0 Å². The van der Waals surface area contributed by atoms with Crippen LogP contribution in [0.1, 0.15) is 0 Å². The van der Waals surface area contributed by atoms with E-state index in [2.05, 4.69) is 20.2 Å². The Hall–Kier alpha value is -2.04. The van der Waals surface area contributed by atoms with Crippen LogP contribution >= 0.6 is 0 Å². The highest BCUT2D eigenvalue weighted by molar-refractivity contribution is 5.20. The van der Waals surface area contributed by atoms with Crippen LogP contribution in [0.5, 0.6) is 0 Å². The molecule has 1 aliphatic heterocycles. The molecule has 0 aromatic carbocycles. The zero-order chi connectivity index (χ0) is 9.64. The smallest absolute Gasteiger partial charge is 0.233 e. The predicted octanol–water partition coefficient (Wildman–Crippen LogP) is 1.99. The zero-order valence-electron chi connectivity index (χ0n) is 7.37. The molecule has 2 heterocycles. The molecule has 1 aromatic rings. The normalized spacial score (nSPS) is 15.3. The number of hydrogen-bond acceptors (Lipinski definition) is 5. The van der Waals surface area contributed by atoms with Crippen LogP contribution in [-0.2, 0) is 4.74 Å². The monoisotopic (exact) mass is 188 g/mol. The Morgan fingerprint density at radius 2 is 2.29 bits per heavy atom. The van der Waals surface area contributed by atoms with Gasteiger partial charge in [-0.05, 0) is 6.08 Å². The third-order valence-corrected chi connectivity index (χ3v) is 1.50. The highest BCUT2D eigenvalue weighted by Gasteiger charge is 1.97. The van der Waals surface area contributed by atoms with Crippen LogP contribution in [0.3, 0.4) is 0 Å². The summed E-state index contributed by atoms with van der Waals surface area (Å²) in [7, 11) is 0. The van der Waals surface area contributed by atoms with Crippen molar-refractivity contribution in [3.05, 3.63) is 42.7 Å². The van der Waals surface area contributed by atoms with Gasteiger partial charge in [0, 0.05) is 18.5 Å². The summed E-state index contributed by atoms with van der Waals surface area (Å²) >= 11 is 0. The van der Waals surface area contributed by atoms with E-state index in [9.17, 15) is 0 Å². The molecule has 0 aliphatic carbocycles. The van der Waals surface area contributed by atoms with Gasteiger partial charge >= 0.3 is 0 Å². The third-order valence-electron chi connectivity index (χ3n) is 1.50. The molecule has 0 N–H and O–H groups in total. The maximum atomic E-state index is 5.17. The van der Waals surface area contributed by atoms with Crippen molar-refractivity contribution in [2.45, 2.75) is 0 Å². The molecule has 0 unspecified atom stereocenters. The molecular formula is C9H8N4O. The molecule has 0 amide bonds. The molecule has 0 atom stereocenters. The van der Waals surface area contributed by atoms with Crippen molar-refractivity contribution in [3.63, 3.8) is 0 Å². The Bertz CT molecular complexity index is 383. The number of ether oxygens (including phenoxy) is 1. The average Bonchev–Trinajstić information content (AvgIpc) is 2.29. The molecule has 1 aliphatic rings. The summed E-state index contributed by atoms with van der Waals surface area (Å²) in [6.45, 7) is 0.533. The fourth-order valence-corrected chi connectivity index (χ4v) is 0.893. The lowest BCUT2D eigenvalue weighted by molar-refractivity contribution is 0.238. The summed E-state index contributed by atoms with van der Waals surface area (Å²) in [6, 6.07) is 0. The lowest BCUT2D eigenvalue weighted by atomic mass is 10.4. The lowest BCUT2D eigenvalue weighted by Gasteiger charge is -2.03. The molecule has 14 heavy (non-hydrogen) atoms. The Kier molecular flexibility index (Phi) is 2.61. The zero-order valence-corrected chi connectivity index (χ0v) is 7.37. The van der Waals surface area contributed by atoms with E-state index in [-0.39, 0.29) is 0 Å². The molecule has 2 rings (SSSR count). The first kappa shape index (κ1) is 8.55. The van der Waals surface area contributed by atoms with Gasteiger partial charge in [0.25, 0.3) is 0 Å². The minimum absolute atomic E-state index is 0.464. The van der Waals surface area contributed by atoms with Gasteiger partial charge in [0.05, 0.1) is 6.20 Å². The number of rotatable bonds is 2. The molecule has 1 aromatic heterocycles. The second kappa shape index (κ2) is 4.27. The molecule has 5 heteroatoms. The maximum Gasteiger partial charge on any atom is 0.233 e. The molecule has 0 saturated carbocycles. The summed E-state index contributed by atoms with van der Waals surface area (Å²) < 4.78 is 5.17. The topological polar surface area (TPSA) is 59.7 Å². The van der Waals surface area contributed by atoms with Gasteiger partial charge in [0.2, 0.25) is 5.88 Å². The van der Waals surface area contributed by atoms with E-state index in [0.717, 1.165) is 0 Å².